The van der Waals surface area contributed by atoms with Crippen molar-refractivity contribution in [3.8, 4) is 0 Å². The summed E-state index contributed by atoms with van der Waals surface area (Å²) in [6, 6.07) is 14.0. The fourth-order valence-corrected chi connectivity index (χ4v) is 2.72. The first-order valence-electron chi connectivity index (χ1n) is 8.79. The van der Waals surface area contributed by atoms with Crippen molar-refractivity contribution in [1.82, 2.24) is 10.2 Å². The SMILES string of the molecule is Cl.NCCN(CCc1ccccc1)C(=O)CNC(=O)c1ccccc1C(F)(F)F. The van der Waals surface area contributed by atoms with Crippen LogP contribution in [0, 0.1) is 0 Å². The summed E-state index contributed by atoms with van der Waals surface area (Å²) >= 11 is 0. The van der Waals surface area contributed by atoms with Gasteiger partial charge in [-0.25, -0.2) is 0 Å². The van der Waals surface area contributed by atoms with Gasteiger partial charge in [-0.1, -0.05) is 42.5 Å². The maximum atomic E-state index is 13.0. The van der Waals surface area contributed by atoms with Gasteiger partial charge < -0.3 is 16.0 Å². The third kappa shape index (κ3) is 7.40. The van der Waals surface area contributed by atoms with E-state index in [0.29, 0.717) is 19.5 Å². The number of nitrogens with one attached hydrogen (secondary N) is 1. The molecule has 2 aromatic carbocycles. The normalized spacial score (nSPS) is 10.8. The van der Waals surface area contributed by atoms with Crippen LogP contribution in [0.2, 0.25) is 0 Å². The Labute approximate surface area is 173 Å². The van der Waals surface area contributed by atoms with Gasteiger partial charge in [-0.05, 0) is 24.1 Å². The van der Waals surface area contributed by atoms with Crippen molar-refractivity contribution < 1.29 is 22.8 Å². The third-order valence-electron chi connectivity index (χ3n) is 4.14. The van der Waals surface area contributed by atoms with Crippen LogP contribution in [0.4, 0.5) is 13.2 Å². The third-order valence-corrected chi connectivity index (χ3v) is 4.14. The van der Waals surface area contributed by atoms with Crippen LogP contribution < -0.4 is 11.1 Å². The second-order valence-electron chi connectivity index (χ2n) is 6.13. The molecular weight excluding hydrogens is 407 g/mol. The number of amides is 2. The van der Waals surface area contributed by atoms with Crippen molar-refractivity contribution in [2.45, 2.75) is 12.6 Å². The summed E-state index contributed by atoms with van der Waals surface area (Å²) in [5.74, 6) is -1.35. The summed E-state index contributed by atoms with van der Waals surface area (Å²) in [5, 5.41) is 2.28. The molecule has 0 radical (unpaired) electrons. The Bertz CT molecular complexity index is 801. The number of nitrogens with zero attached hydrogens (tertiary/aromatic N) is 1. The molecule has 0 heterocycles. The summed E-state index contributed by atoms with van der Waals surface area (Å²) in [7, 11) is 0. The maximum absolute atomic E-state index is 13.0. The number of halogens is 4. The molecule has 0 atom stereocenters. The minimum atomic E-state index is -4.65. The average Bonchev–Trinajstić information content (AvgIpc) is 2.69. The van der Waals surface area contributed by atoms with E-state index in [4.69, 9.17) is 5.73 Å². The van der Waals surface area contributed by atoms with Gasteiger partial charge in [0.15, 0.2) is 0 Å². The van der Waals surface area contributed by atoms with Gasteiger partial charge in [-0.3, -0.25) is 9.59 Å². The first kappa shape index (κ1) is 24.5. The first-order valence-corrected chi connectivity index (χ1v) is 8.79. The molecule has 158 valence electrons. The van der Waals surface area contributed by atoms with Gasteiger partial charge in [0, 0.05) is 19.6 Å². The molecule has 0 aliphatic rings. The Balaban J connectivity index is 0.00000420. The predicted octanol–water partition coefficient (Wildman–Crippen LogP) is 2.89. The van der Waals surface area contributed by atoms with Crippen molar-refractivity contribution in [1.29, 1.82) is 0 Å². The van der Waals surface area contributed by atoms with Gasteiger partial charge in [-0.2, -0.15) is 13.2 Å². The standard InChI is InChI=1S/C20H22F3N3O2.ClH/c21-20(22,23)17-9-5-4-8-16(17)19(28)25-14-18(27)26(13-11-24)12-10-15-6-2-1-3-7-15;/h1-9H,10-14,24H2,(H,25,28);1H. The lowest BCUT2D eigenvalue weighted by molar-refractivity contribution is -0.137. The molecule has 5 nitrogen and oxygen atoms in total. The number of alkyl halides is 3. The van der Waals surface area contributed by atoms with Gasteiger partial charge in [0.1, 0.15) is 0 Å². The minimum absolute atomic E-state index is 0. The summed E-state index contributed by atoms with van der Waals surface area (Å²) in [4.78, 5) is 26.1. The zero-order chi connectivity index (χ0) is 20.6. The lowest BCUT2D eigenvalue weighted by atomic mass is 10.1. The molecule has 0 saturated carbocycles. The number of carbonyl (C=O) groups is 2. The van der Waals surface area contributed by atoms with Crippen molar-refractivity contribution in [2.24, 2.45) is 5.73 Å². The molecule has 0 aliphatic carbocycles. The van der Waals surface area contributed by atoms with Crippen LogP contribution in [0.1, 0.15) is 21.5 Å². The highest BCUT2D eigenvalue weighted by Crippen LogP contribution is 2.31. The van der Waals surface area contributed by atoms with Gasteiger partial charge in [-0.15, -0.1) is 12.4 Å². The van der Waals surface area contributed by atoms with E-state index in [1.54, 1.807) is 0 Å². The molecule has 0 bridgehead atoms. The van der Waals surface area contributed by atoms with Crippen LogP contribution in [0.5, 0.6) is 0 Å². The molecule has 0 aliphatic heterocycles. The Morgan fingerprint density at radius 1 is 0.966 bits per heavy atom. The highest BCUT2D eigenvalue weighted by Gasteiger charge is 2.34. The largest absolute Gasteiger partial charge is 0.417 e. The molecular formula is C20H23ClF3N3O2. The van der Waals surface area contributed by atoms with E-state index in [2.05, 4.69) is 5.32 Å². The zero-order valence-electron chi connectivity index (χ0n) is 15.6. The molecule has 3 N–H and O–H groups in total. The smallest absolute Gasteiger partial charge is 0.343 e. The van der Waals surface area contributed by atoms with Gasteiger partial charge in [0.05, 0.1) is 17.7 Å². The lowest BCUT2D eigenvalue weighted by Crippen LogP contribution is -2.43. The Kier molecular flexibility index (Phi) is 9.64. The number of hydrogen-bond acceptors (Lipinski definition) is 3. The van der Waals surface area contributed by atoms with E-state index in [9.17, 15) is 22.8 Å². The fraction of sp³-hybridized carbons (Fsp3) is 0.300. The number of rotatable bonds is 8. The Hall–Kier alpha value is -2.58. The van der Waals surface area contributed by atoms with Gasteiger partial charge in [0.25, 0.3) is 5.91 Å². The number of nitrogens with two attached hydrogens (primary N) is 1. The van der Waals surface area contributed by atoms with Crippen molar-refractivity contribution in [2.75, 3.05) is 26.2 Å². The van der Waals surface area contributed by atoms with Crippen molar-refractivity contribution in [3.05, 3.63) is 71.3 Å². The predicted molar refractivity (Wildman–Crippen MR) is 107 cm³/mol. The van der Waals surface area contributed by atoms with Gasteiger partial charge in [0.2, 0.25) is 5.91 Å². The molecule has 0 spiro atoms. The molecule has 2 rings (SSSR count). The van der Waals surface area contributed by atoms with E-state index in [1.807, 2.05) is 30.3 Å². The second-order valence-corrected chi connectivity index (χ2v) is 6.13. The molecule has 2 aromatic rings. The number of carbonyl (C=O) groups excluding carboxylic acids is 2. The fourth-order valence-electron chi connectivity index (χ4n) is 2.72. The van der Waals surface area contributed by atoms with Crippen molar-refractivity contribution in [3.63, 3.8) is 0 Å². The monoisotopic (exact) mass is 429 g/mol. The van der Waals surface area contributed by atoms with Crippen LogP contribution in [0.25, 0.3) is 0 Å². The Morgan fingerprint density at radius 3 is 2.21 bits per heavy atom. The molecule has 9 heteroatoms. The molecule has 2 amide bonds. The highest BCUT2D eigenvalue weighted by atomic mass is 35.5. The number of hydrogen-bond donors (Lipinski definition) is 2. The van der Waals surface area contributed by atoms with Crippen LogP contribution >= 0.6 is 12.4 Å². The van der Waals surface area contributed by atoms with E-state index in [0.717, 1.165) is 17.7 Å². The summed E-state index contributed by atoms with van der Waals surface area (Å²) in [6.07, 6.45) is -4.04. The molecule has 0 unspecified atom stereocenters. The lowest BCUT2D eigenvalue weighted by Gasteiger charge is -2.22. The highest BCUT2D eigenvalue weighted by molar-refractivity contribution is 5.97. The van der Waals surface area contributed by atoms with Crippen LogP contribution in [0.3, 0.4) is 0 Å². The van der Waals surface area contributed by atoms with Crippen LogP contribution in [-0.2, 0) is 17.4 Å². The molecule has 0 saturated heterocycles. The molecule has 0 fully saturated rings. The minimum Gasteiger partial charge on any atom is -0.343 e. The van der Waals surface area contributed by atoms with Crippen LogP contribution in [-0.4, -0.2) is 42.9 Å². The van der Waals surface area contributed by atoms with E-state index in [1.165, 1.54) is 17.0 Å². The summed E-state index contributed by atoms with van der Waals surface area (Å²) < 4.78 is 39.1. The van der Waals surface area contributed by atoms with E-state index >= 15 is 0 Å². The first-order chi connectivity index (χ1) is 13.3. The zero-order valence-corrected chi connectivity index (χ0v) is 16.4. The maximum Gasteiger partial charge on any atom is 0.417 e. The Morgan fingerprint density at radius 2 is 1.59 bits per heavy atom. The quantitative estimate of drug-likeness (QED) is 0.677. The second kappa shape index (κ2) is 11.4. The van der Waals surface area contributed by atoms with Crippen LogP contribution in [0.15, 0.2) is 54.6 Å². The number of benzene rings is 2. The summed E-state index contributed by atoms with van der Waals surface area (Å²) in [6.45, 7) is 0.529. The van der Waals surface area contributed by atoms with E-state index < -0.39 is 35.7 Å². The van der Waals surface area contributed by atoms with Gasteiger partial charge >= 0.3 is 6.18 Å². The average molecular weight is 430 g/mol. The van der Waals surface area contributed by atoms with Crippen molar-refractivity contribution >= 4 is 24.2 Å². The topological polar surface area (TPSA) is 75.4 Å². The summed E-state index contributed by atoms with van der Waals surface area (Å²) in [5.41, 5.74) is 5.03. The van der Waals surface area contributed by atoms with E-state index in [-0.39, 0.29) is 19.0 Å². The molecule has 29 heavy (non-hydrogen) atoms. The molecule has 0 aromatic heterocycles.